The van der Waals surface area contributed by atoms with E-state index in [9.17, 15) is 0 Å². The normalized spacial score (nSPS) is 11.6. The van der Waals surface area contributed by atoms with Gasteiger partial charge >= 0.3 is 0 Å². The molecule has 0 radical (unpaired) electrons. The number of benzene rings is 7. The number of nitrogens with zero attached hydrogens (tertiary/aromatic N) is 4. The van der Waals surface area contributed by atoms with Gasteiger partial charge in [-0.05, 0) is 35.4 Å². The van der Waals surface area contributed by atoms with Crippen LogP contribution in [0.1, 0.15) is 0 Å². The van der Waals surface area contributed by atoms with Gasteiger partial charge in [-0.25, -0.2) is 15.0 Å². The van der Waals surface area contributed by atoms with E-state index < -0.39 is 0 Å². The lowest BCUT2D eigenvalue weighted by molar-refractivity contribution is 0.666. The molecule has 0 fully saturated rings. The van der Waals surface area contributed by atoms with Gasteiger partial charge in [0.1, 0.15) is 5.58 Å². The number of hydrogen-bond acceptors (Lipinski definition) is 4. The van der Waals surface area contributed by atoms with Crippen molar-refractivity contribution in [3.05, 3.63) is 170 Å². The average molecular weight is 641 g/mol. The summed E-state index contributed by atoms with van der Waals surface area (Å²) in [5, 5.41) is 4.38. The molecule has 50 heavy (non-hydrogen) atoms. The van der Waals surface area contributed by atoms with Crippen LogP contribution in [-0.4, -0.2) is 19.5 Å². The van der Waals surface area contributed by atoms with Crippen LogP contribution in [0.15, 0.2) is 174 Å². The maximum absolute atomic E-state index is 6.53. The van der Waals surface area contributed by atoms with Gasteiger partial charge < -0.3 is 8.98 Å². The van der Waals surface area contributed by atoms with Crippen molar-refractivity contribution in [2.45, 2.75) is 0 Å². The van der Waals surface area contributed by atoms with Gasteiger partial charge in [0.15, 0.2) is 23.1 Å². The van der Waals surface area contributed by atoms with Crippen LogP contribution in [0.5, 0.6) is 0 Å². The van der Waals surface area contributed by atoms with Crippen molar-refractivity contribution in [2.24, 2.45) is 0 Å². The zero-order chi connectivity index (χ0) is 33.0. The Morgan fingerprint density at radius 1 is 0.380 bits per heavy atom. The topological polar surface area (TPSA) is 56.7 Å². The highest BCUT2D eigenvalue weighted by Gasteiger charge is 2.21. The van der Waals surface area contributed by atoms with Crippen LogP contribution in [0.4, 0.5) is 0 Å². The smallest absolute Gasteiger partial charge is 0.164 e. The molecule has 0 saturated carbocycles. The van der Waals surface area contributed by atoms with Crippen molar-refractivity contribution >= 4 is 43.7 Å². The summed E-state index contributed by atoms with van der Waals surface area (Å²) in [4.78, 5) is 15.3. The van der Waals surface area contributed by atoms with Crippen LogP contribution >= 0.6 is 0 Å². The van der Waals surface area contributed by atoms with Gasteiger partial charge in [0.25, 0.3) is 0 Å². The lowest BCUT2D eigenvalue weighted by Crippen LogP contribution is -2.00. The Labute approximate surface area is 287 Å². The average Bonchev–Trinajstić information content (AvgIpc) is 3.75. The van der Waals surface area contributed by atoms with Crippen molar-refractivity contribution in [1.29, 1.82) is 0 Å². The number of fused-ring (bicyclic) bond motifs is 6. The summed E-state index contributed by atoms with van der Waals surface area (Å²) in [7, 11) is 0. The lowest BCUT2D eigenvalue weighted by atomic mass is 10.0. The molecule has 3 aromatic heterocycles. The fourth-order valence-electron chi connectivity index (χ4n) is 7.16. The van der Waals surface area contributed by atoms with Gasteiger partial charge in [-0.15, -0.1) is 0 Å². The van der Waals surface area contributed by atoms with E-state index in [0.717, 1.165) is 71.7 Å². The fourth-order valence-corrected chi connectivity index (χ4v) is 7.16. The highest BCUT2D eigenvalue weighted by molar-refractivity contribution is 6.16. The summed E-state index contributed by atoms with van der Waals surface area (Å²) in [5.41, 5.74) is 9.96. The molecule has 0 aliphatic carbocycles. The Morgan fingerprint density at radius 3 is 1.70 bits per heavy atom. The lowest BCUT2D eigenvalue weighted by Gasteiger charge is -2.11. The van der Waals surface area contributed by atoms with Crippen LogP contribution in [0.25, 0.3) is 94.7 Å². The van der Waals surface area contributed by atoms with E-state index >= 15 is 0 Å². The maximum Gasteiger partial charge on any atom is 0.164 e. The molecule has 0 spiro atoms. The van der Waals surface area contributed by atoms with Crippen LogP contribution in [0.2, 0.25) is 0 Å². The second-order valence-corrected chi connectivity index (χ2v) is 12.4. The SMILES string of the molecule is c1ccc(-c2ccc(-c3nc(-c4ccccc4)nc(-c4cccc5c4c4ccccc4n5-c4cccc5c4oc4ccccc45)n3)cc2)cc1. The Bertz CT molecular complexity index is 2850. The third kappa shape index (κ3) is 4.52. The largest absolute Gasteiger partial charge is 0.454 e. The summed E-state index contributed by atoms with van der Waals surface area (Å²) in [6.07, 6.45) is 0. The molecular formula is C45H28N4O. The van der Waals surface area contributed by atoms with Crippen LogP contribution in [0, 0.1) is 0 Å². The summed E-state index contributed by atoms with van der Waals surface area (Å²) in [5.74, 6) is 1.88. The van der Waals surface area contributed by atoms with Gasteiger partial charge in [-0.3, -0.25) is 0 Å². The molecule has 0 unspecified atom stereocenters. The third-order valence-corrected chi connectivity index (χ3v) is 9.48. The van der Waals surface area contributed by atoms with E-state index in [1.807, 2.05) is 48.5 Å². The summed E-state index contributed by atoms with van der Waals surface area (Å²) in [6, 6.07) is 58.5. The molecule has 10 aromatic rings. The molecule has 0 amide bonds. The van der Waals surface area contributed by atoms with E-state index in [-0.39, 0.29) is 0 Å². The van der Waals surface area contributed by atoms with Gasteiger partial charge in [0.05, 0.1) is 16.7 Å². The first-order valence-corrected chi connectivity index (χ1v) is 16.7. The highest BCUT2D eigenvalue weighted by atomic mass is 16.3. The molecule has 7 aromatic carbocycles. The molecule has 234 valence electrons. The van der Waals surface area contributed by atoms with Gasteiger partial charge in [0.2, 0.25) is 0 Å². The second kappa shape index (κ2) is 11.4. The van der Waals surface area contributed by atoms with Crippen molar-refractivity contribution in [3.8, 4) is 51.0 Å². The van der Waals surface area contributed by atoms with Crippen molar-refractivity contribution in [2.75, 3.05) is 0 Å². The molecule has 0 atom stereocenters. The summed E-state index contributed by atoms with van der Waals surface area (Å²) in [6.45, 7) is 0. The first-order valence-electron chi connectivity index (χ1n) is 16.7. The number of hydrogen-bond donors (Lipinski definition) is 0. The maximum atomic E-state index is 6.53. The zero-order valence-corrected chi connectivity index (χ0v) is 26.9. The van der Waals surface area contributed by atoms with E-state index in [1.54, 1.807) is 0 Å². The number of para-hydroxylation sites is 3. The number of furan rings is 1. The second-order valence-electron chi connectivity index (χ2n) is 12.4. The van der Waals surface area contributed by atoms with Crippen molar-refractivity contribution in [1.82, 2.24) is 19.5 Å². The Balaban J connectivity index is 1.21. The molecular weight excluding hydrogens is 613 g/mol. The molecule has 0 aliphatic heterocycles. The third-order valence-electron chi connectivity index (χ3n) is 9.48. The zero-order valence-electron chi connectivity index (χ0n) is 26.9. The van der Waals surface area contributed by atoms with Crippen LogP contribution < -0.4 is 0 Å². The monoisotopic (exact) mass is 640 g/mol. The minimum absolute atomic E-state index is 0.622. The quantitative estimate of drug-likeness (QED) is 0.188. The molecule has 5 nitrogen and oxygen atoms in total. The van der Waals surface area contributed by atoms with Gasteiger partial charge in [-0.1, -0.05) is 146 Å². The van der Waals surface area contributed by atoms with E-state index in [0.29, 0.717) is 17.5 Å². The Kier molecular flexibility index (Phi) is 6.42. The van der Waals surface area contributed by atoms with Crippen molar-refractivity contribution in [3.63, 3.8) is 0 Å². The first-order chi connectivity index (χ1) is 24.8. The molecule has 5 heteroatoms. The molecule has 3 heterocycles. The number of rotatable bonds is 5. The fraction of sp³-hybridized carbons (Fsp3) is 0. The molecule has 0 aliphatic rings. The van der Waals surface area contributed by atoms with Gasteiger partial charge in [-0.2, -0.15) is 0 Å². The first kappa shape index (κ1) is 28.2. The minimum Gasteiger partial charge on any atom is -0.454 e. The molecule has 0 N–H and O–H groups in total. The van der Waals surface area contributed by atoms with E-state index in [2.05, 4.69) is 126 Å². The summed E-state index contributed by atoms with van der Waals surface area (Å²) < 4.78 is 8.84. The summed E-state index contributed by atoms with van der Waals surface area (Å²) >= 11 is 0. The standard InChI is InChI=1S/C45H28N4O/c1-3-13-29(14-4-1)30-25-27-32(28-26-30)44-46-43(31-15-5-2-6-16-31)47-45(48-44)36-20-12-22-38-41(36)35-18-7-9-21-37(35)49(38)39-23-11-19-34-33-17-8-10-24-40(33)50-42(34)39/h1-28H. The number of aromatic nitrogens is 4. The molecule has 0 saturated heterocycles. The predicted molar refractivity (Wildman–Crippen MR) is 203 cm³/mol. The van der Waals surface area contributed by atoms with Crippen LogP contribution in [0.3, 0.4) is 0 Å². The Morgan fingerprint density at radius 2 is 0.920 bits per heavy atom. The Hall–Kier alpha value is -6.85. The van der Waals surface area contributed by atoms with E-state index in [4.69, 9.17) is 19.4 Å². The van der Waals surface area contributed by atoms with Gasteiger partial charge in [0, 0.05) is 38.2 Å². The predicted octanol–water partition coefficient (Wildman–Crippen LogP) is 11.5. The highest BCUT2D eigenvalue weighted by Crippen LogP contribution is 2.41. The molecule has 0 bridgehead atoms. The van der Waals surface area contributed by atoms with Crippen molar-refractivity contribution < 1.29 is 4.42 Å². The minimum atomic E-state index is 0.622. The molecule has 10 rings (SSSR count). The van der Waals surface area contributed by atoms with Crippen LogP contribution in [-0.2, 0) is 0 Å². The van der Waals surface area contributed by atoms with E-state index in [1.165, 1.54) is 5.56 Å².